The second-order valence-electron chi connectivity index (χ2n) is 7.94. The minimum absolute atomic E-state index is 0.0406. The highest BCUT2D eigenvalue weighted by atomic mass is 16.6. The quantitative estimate of drug-likeness (QED) is 0.331. The van der Waals surface area contributed by atoms with Gasteiger partial charge in [-0.05, 0) is 37.2 Å². The van der Waals surface area contributed by atoms with Crippen LogP contribution in [0.25, 0.3) is 0 Å². The van der Waals surface area contributed by atoms with Crippen LogP contribution in [0.3, 0.4) is 0 Å². The maximum atomic E-state index is 13.1. The highest BCUT2D eigenvalue weighted by Crippen LogP contribution is 2.50. The molecule has 5 atom stereocenters. The van der Waals surface area contributed by atoms with E-state index in [1.165, 1.54) is 25.3 Å². The lowest BCUT2D eigenvalue weighted by Gasteiger charge is -2.38. The van der Waals surface area contributed by atoms with Gasteiger partial charge in [0.1, 0.15) is 11.8 Å². The Morgan fingerprint density at radius 3 is 2.30 bits per heavy atom. The second kappa shape index (κ2) is 7.55. The first-order valence-corrected chi connectivity index (χ1v) is 10.1. The monoisotopic (exact) mass is 413 g/mol. The number of rotatable bonds is 6. The third-order valence-electron chi connectivity index (χ3n) is 6.45. The fourth-order valence-corrected chi connectivity index (χ4v) is 5.01. The van der Waals surface area contributed by atoms with Gasteiger partial charge in [-0.2, -0.15) is 0 Å². The van der Waals surface area contributed by atoms with E-state index in [1.54, 1.807) is 6.92 Å². The summed E-state index contributed by atoms with van der Waals surface area (Å²) in [6.45, 7) is 1.73. The Morgan fingerprint density at radius 2 is 1.83 bits per heavy atom. The first kappa shape index (κ1) is 20.1. The number of nitro benzene ring substituents is 1. The van der Waals surface area contributed by atoms with Crippen molar-refractivity contribution in [2.24, 2.45) is 23.7 Å². The molecule has 9 nitrogen and oxygen atoms in total. The van der Waals surface area contributed by atoms with Crippen LogP contribution in [0.2, 0.25) is 0 Å². The zero-order chi connectivity index (χ0) is 21.6. The summed E-state index contributed by atoms with van der Waals surface area (Å²) in [5.41, 5.74) is -0.0884. The van der Waals surface area contributed by atoms with Crippen LogP contribution in [-0.4, -0.2) is 40.7 Å². The van der Waals surface area contributed by atoms with Crippen molar-refractivity contribution in [3.63, 3.8) is 0 Å². The molecule has 1 saturated carbocycles. The molecule has 1 saturated heterocycles. The molecular formula is C21H23N3O6. The van der Waals surface area contributed by atoms with E-state index in [1.807, 2.05) is 12.2 Å². The van der Waals surface area contributed by atoms with Crippen molar-refractivity contribution in [2.75, 3.05) is 12.4 Å². The molecule has 4 aliphatic rings. The van der Waals surface area contributed by atoms with Gasteiger partial charge in [0, 0.05) is 12.1 Å². The summed E-state index contributed by atoms with van der Waals surface area (Å²) >= 11 is 0. The molecule has 0 aromatic heterocycles. The van der Waals surface area contributed by atoms with Gasteiger partial charge in [-0.25, -0.2) is 0 Å². The van der Waals surface area contributed by atoms with Gasteiger partial charge in [0.15, 0.2) is 0 Å². The Kier molecular flexibility index (Phi) is 5.05. The molecule has 2 fully saturated rings. The number of anilines is 1. The molecule has 3 aliphatic carbocycles. The van der Waals surface area contributed by atoms with Gasteiger partial charge in [0.05, 0.1) is 29.6 Å². The van der Waals surface area contributed by atoms with Gasteiger partial charge in [-0.1, -0.05) is 19.1 Å². The summed E-state index contributed by atoms with van der Waals surface area (Å²) in [6.07, 6.45) is 6.05. The summed E-state index contributed by atoms with van der Waals surface area (Å²) in [4.78, 5) is 51.0. The first-order valence-electron chi connectivity index (χ1n) is 10.1. The van der Waals surface area contributed by atoms with Gasteiger partial charge in [-0.3, -0.25) is 29.4 Å². The number of nitrogens with zero attached hydrogens (tertiary/aromatic N) is 2. The third kappa shape index (κ3) is 3.05. The van der Waals surface area contributed by atoms with Crippen LogP contribution >= 0.6 is 0 Å². The van der Waals surface area contributed by atoms with Gasteiger partial charge in [-0.15, -0.1) is 0 Å². The number of non-ortho nitro benzene ring substituents is 1. The van der Waals surface area contributed by atoms with Crippen LogP contribution in [0.15, 0.2) is 30.4 Å². The molecule has 30 heavy (non-hydrogen) atoms. The van der Waals surface area contributed by atoms with Gasteiger partial charge in [0.2, 0.25) is 17.7 Å². The Hall–Kier alpha value is -3.23. The van der Waals surface area contributed by atoms with E-state index in [4.69, 9.17) is 4.74 Å². The van der Waals surface area contributed by atoms with E-state index in [-0.39, 0.29) is 47.2 Å². The van der Waals surface area contributed by atoms with Gasteiger partial charge in [0.25, 0.3) is 5.69 Å². The van der Waals surface area contributed by atoms with Gasteiger partial charge >= 0.3 is 0 Å². The maximum absolute atomic E-state index is 13.1. The number of nitrogens with one attached hydrogen (secondary N) is 1. The number of benzene rings is 1. The van der Waals surface area contributed by atoms with E-state index in [2.05, 4.69) is 5.32 Å². The first-order chi connectivity index (χ1) is 14.4. The van der Waals surface area contributed by atoms with Crippen molar-refractivity contribution in [3.8, 4) is 5.75 Å². The number of hydrogen-bond donors (Lipinski definition) is 1. The molecule has 9 heteroatoms. The predicted molar refractivity (Wildman–Crippen MR) is 107 cm³/mol. The molecule has 5 rings (SSSR count). The molecule has 1 aliphatic heterocycles. The number of nitro groups is 1. The Bertz CT molecular complexity index is 926. The molecule has 1 aromatic carbocycles. The molecule has 1 heterocycles. The van der Waals surface area contributed by atoms with Crippen LogP contribution in [0.1, 0.15) is 26.2 Å². The number of ether oxygens (including phenoxy) is 1. The molecule has 158 valence electrons. The average molecular weight is 413 g/mol. The van der Waals surface area contributed by atoms with E-state index < -0.39 is 28.7 Å². The number of carbonyl (C=O) groups excluding carboxylic acids is 3. The smallest absolute Gasteiger partial charge is 0.271 e. The van der Waals surface area contributed by atoms with E-state index >= 15 is 0 Å². The highest BCUT2D eigenvalue weighted by molar-refractivity contribution is 6.10. The average Bonchev–Trinajstić information content (AvgIpc) is 3.02. The molecule has 1 N–H and O–H groups in total. The summed E-state index contributed by atoms with van der Waals surface area (Å²) in [5, 5.41) is 13.7. The fourth-order valence-electron chi connectivity index (χ4n) is 5.01. The van der Waals surface area contributed by atoms with Crippen molar-refractivity contribution in [2.45, 2.75) is 32.2 Å². The third-order valence-corrected chi connectivity index (χ3v) is 6.45. The molecular weight excluding hydrogens is 390 g/mol. The normalized spacial score (nSPS) is 27.7. The Balaban J connectivity index is 1.60. The molecule has 0 radical (unpaired) electrons. The van der Waals surface area contributed by atoms with Crippen molar-refractivity contribution in [1.29, 1.82) is 0 Å². The number of fused-ring (bicyclic) bond motifs is 1. The summed E-state index contributed by atoms with van der Waals surface area (Å²) in [7, 11) is 1.38. The minimum atomic E-state index is -0.987. The van der Waals surface area contributed by atoms with Crippen molar-refractivity contribution in [3.05, 3.63) is 40.5 Å². The zero-order valence-electron chi connectivity index (χ0n) is 16.7. The highest BCUT2D eigenvalue weighted by Gasteiger charge is 2.58. The second-order valence-corrected chi connectivity index (χ2v) is 7.94. The molecule has 0 unspecified atom stereocenters. The number of imide groups is 1. The van der Waals surface area contributed by atoms with Crippen molar-refractivity contribution >= 4 is 29.1 Å². The minimum Gasteiger partial charge on any atom is -0.495 e. The Labute approximate surface area is 173 Å². The van der Waals surface area contributed by atoms with E-state index in [0.29, 0.717) is 0 Å². The van der Waals surface area contributed by atoms with E-state index in [9.17, 15) is 24.5 Å². The zero-order valence-corrected chi connectivity index (χ0v) is 16.7. The molecule has 1 aromatic rings. The molecule has 2 bridgehead atoms. The van der Waals surface area contributed by atoms with Crippen LogP contribution < -0.4 is 10.1 Å². The lowest BCUT2D eigenvalue weighted by molar-refractivity contribution is -0.384. The number of methoxy groups -OCH3 is 1. The summed E-state index contributed by atoms with van der Waals surface area (Å²) < 4.78 is 5.18. The largest absolute Gasteiger partial charge is 0.495 e. The lowest BCUT2D eigenvalue weighted by atomic mass is 9.63. The van der Waals surface area contributed by atoms with Crippen LogP contribution in [0.5, 0.6) is 5.75 Å². The van der Waals surface area contributed by atoms with E-state index in [0.717, 1.165) is 17.7 Å². The SMILES string of the molecule is CC[C@H](C(=O)Nc1cc([N+](=O)[O-])ccc1OC)N1C(=O)[C@@H]2[C@@H](C1=O)[C@H]1C=C[C@H]2CC1. The predicted octanol–water partition coefficient (Wildman–Crippen LogP) is 2.52. The number of carbonyl (C=O) groups is 3. The number of allylic oxidation sites excluding steroid dienone is 2. The fraction of sp³-hybridized carbons (Fsp3) is 0.476. The Morgan fingerprint density at radius 1 is 1.23 bits per heavy atom. The number of likely N-dealkylation sites (tertiary alicyclic amines) is 1. The standard InChI is InChI=1S/C21H23N3O6/c1-3-15(19(25)22-14-10-13(24(28)29)8-9-16(14)30-2)23-20(26)17-11-4-5-12(7-6-11)18(17)21(23)27/h4-5,8-12,15,17-18H,3,6-7H2,1-2H3,(H,22,25)/t11-,12-,15+,17-,18-/m0/s1. The van der Waals surface area contributed by atoms with Crippen molar-refractivity contribution in [1.82, 2.24) is 4.90 Å². The van der Waals surface area contributed by atoms with Crippen LogP contribution in [0.4, 0.5) is 11.4 Å². The summed E-state index contributed by atoms with van der Waals surface area (Å²) in [6, 6.07) is 2.87. The molecule has 0 spiro atoms. The van der Waals surface area contributed by atoms with Crippen molar-refractivity contribution < 1.29 is 24.0 Å². The van der Waals surface area contributed by atoms with Gasteiger partial charge < -0.3 is 10.1 Å². The summed E-state index contributed by atoms with van der Waals surface area (Å²) in [5.74, 6) is -1.62. The number of hydrogen-bond acceptors (Lipinski definition) is 6. The van der Waals surface area contributed by atoms with Crippen LogP contribution in [-0.2, 0) is 14.4 Å². The number of amides is 3. The molecule has 3 amide bonds. The maximum Gasteiger partial charge on any atom is 0.271 e. The van der Waals surface area contributed by atoms with Crippen LogP contribution in [0, 0.1) is 33.8 Å². The topological polar surface area (TPSA) is 119 Å². The lowest BCUT2D eigenvalue weighted by Crippen LogP contribution is -2.47.